The molecular weight excluding hydrogens is 323 g/mol. The van der Waals surface area contributed by atoms with E-state index in [1.54, 1.807) is 0 Å². The highest BCUT2D eigenvalue weighted by molar-refractivity contribution is 5.82. The Balaban J connectivity index is 1.90. The predicted molar refractivity (Wildman–Crippen MR) is 80.0 cm³/mol. The Morgan fingerprint density at radius 3 is 2.54 bits per heavy atom. The first-order chi connectivity index (χ1) is 11.3. The van der Waals surface area contributed by atoms with Crippen LogP contribution in [0.3, 0.4) is 0 Å². The number of hydrogen-bond donors (Lipinski definition) is 2. The molecule has 2 N–H and O–H groups in total. The minimum Gasteiger partial charge on any atom is -0.459 e. The van der Waals surface area contributed by atoms with Crippen molar-refractivity contribution < 1.29 is 27.8 Å². The molecule has 2 fully saturated rings. The molecule has 0 spiro atoms. The molecule has 3 unspecified atom stereocenters. The second kappa shape index (κ2) is 6.37. The maximum atomic E-state index is 13.6. The first-order valence-electron chi connectivity index (χ1n) is 8.09. The average Bonchev–Trinajstić information content (AvgIpc) is 3.16. The number of aliphatic hydroxyl groups is 1. The van der Waals surface area contributed by atoms with Crippen LogP contribution in [0.25, 0.3) is 0 Å². The molecule has 1 aromatic rings. The van der Waals surface area contributed by atoms with Crippen molar-refractivity contribution in [2.45, 2.75) is 43.3 Å². The number of hydrogen-bond acceptors (Lipinski definition) is 4. The molecular formula is C17H20F3NO3. The number of benzene rings is 1. The molecule has 2 aliphatic rings. The van der Waals surface area contributed by atoms with E-state index in [0.717, 1.165) is 12.1 Å². The third-order valence-electron chi connectivity index (χ3n) is 4.88. The summed E-state index contributed by atoms with van der Waals surface area (Å²) in [5.74, 6) is -5.37. The van der Waals surface area contributed by atoms with E-state index in [9.17, 15) is 23.1 Å². The van der Waals surface area contributed by atoms with E-state index < -0.39 is 41.8 Å². The van der Waals surface area contributed by atoms with E-state index in [-0.39, 0.29) is 18.4 Å². The van der Waals surface area contributed by atoms with Crippen molar-refractivity contribution in [3.05, 3.63) is 35.6 Å². The van der Waals surface area contributed by atoms with Gasteiger partial charge in [-0.25, -0.2) is 18.0 Å². The van der Waals surface area contributed by atoms with Gasteiger partial charge in [0.15, 0.2) is 5.60 Å². The van der Waals surface area contributed by atoms with Gasteiger partial charge in [-0.3, -0.25) is 0 Å². The number of carbonyl (C=O) groups is 1. The largest absolute Gasteiger partial charge is 0.459 e. The normalized spacial score (nSPS) is 28.5. The van der Waals surface area contributed by atoms with Gasteiger partial charge in [0.25, 0.3) is 0 Å². The molecule has 1 saturated carbocycles. The standard InChI is InChI=1S/C17H20F3NO3/c18-13-3-1-11(2-4-13)17(23,12-5-7-16(19,20)9-12)15(22)24-14-6-8-21-10-14/h1-4,12,14,21,23H,5-10H2. The predicted octanol–water partition coefficient (Wildman–Crippen LogP) is 2.35. The van der Waals surface area contributed by atoms with Crippen LogP contribution < -0.4 is 5.32 Å². The van der Waals surface area contributed by atoms with Crippen LogP contribution >= 0.6 is 0 Å². The monoisotopic (exact) mass is 343 g/mol. The number of alkyl halides is 2. The lowest BCUT2D eigenvalue weighted by atomic mass is 9.80. The minimum absolute atomic E-state index is 0.00110. The second-order valence-corrected chi connectivity index (χ2v) is 6.59. The van der Waals surface area contributed by atoms with E-state index in [2.05, 4.69) is 5.32 Å². The molecule has 0 radical (unpaired) electrons. The van der Waals surface area contributed by atoms with Gasteiger partial charge in [-0.1, -0.05) is 12.1 Å². The number of halogens is 3. The van der Waals surface area contributed by atoms with Crippen LogP contribution in [0.1, 0.15) is 31.2 Å². The topological polar surface area (TPSA) is 58.6 Å². The number of carbonyl (C=O) groups excluding carboxylic acids is 1. The van der Waals surface area contributed by atoms with Gasteiger partial charge in [-0.2, -0.15) is 0 Å². The van der Waals surface area contributed by atoms with Crippen LogP contribution in [0.15, 0.2) is 24.3 Å². The van der Waals surface area contributed by atoms with Gasteiger partial charge in [0.2, 0.25) is 5.92 Å². The summed E-state index contributed by atoms with van der Waals surface area (Å²) in [6, 6.07) is 4.69. The molecule has 3 rings (SSSR count). The highest BCUT2D eigenvalue weighted by Gasteiger charge is 2.54. The lowest BCUT2D eigenvalue weighted by Crippen LogP contribution is -2.45. The Morgan fingerprint density at radius 1 is 1.29 bits per heavy atom. The number of rotatable bonds is 4. The van der Waals surface area contributed by atoms with Crippen molar-refractivity contribution in [3.8, 4) is 0 Å². The summed E-state index contributed by atoms with van der Waals surface area (Å²) in [6.07, 6.45) is -0.782. The quantitative estimate of drug-likeness (QED) is 0.824. The first kappa shape index (κ1) is 17.2. The molecule has 3 atom stereocenters. The summed E-state index contributed by atoms with van der Waals surface area (Å²) >= 11 is 0. The zero-order valence-corrected chi connectivity index (χ0v) is 13.1. The van der Waals surface area contributed by atoms with Crippen LogP contribution in [-0.4, -0.2) is 36.2 Å². The molecule has 7 heteroatoms. The van der Waals surface area contributed by atoms with Crippen molar-refractivity contribution in [2.75, 3.05) is 13.1 Å². The van der Waals surface area contributed by atoms with Gasteiger partial charge >= 0.3 is 5.97 Å². The second-order valence-electron chi connectivity index (χ2n) is 6.59. The molecule has 1 saturated heterocycles. The Morgan fingerprint density at radius 2 is 2.00 bits per heavy atom. The highest BCUT2D eigenvalue weighted by Crippen LogP contribution is 2.48. The summed E-state index contributed by atoms with van der Waals surface area (Å²) in [5, 5.41) is 14.1. The first-order valence-corrected chi connectivity index (χ1v) is 8.09. The van der Waals surface area contributed by atoms with Gasteiger partial charge in [0.05, 0.1) is 0 Å². The molecule has 4 nitrogen and oxygen atoms in total. The third-order valence-corrected chi connectivity index (χ3v) is 4.88. The fraction of sp³-hybridized carbons (Fsp3) is 0.588. The molecule has 0 aromatic heterocycles. The van der Waals surface area contributed by atoms with Crippen LogP contribution in [0.4, 0.5) is 13.2 Å². The Hall–Kier alpha value is -1.60. The lowest BCUT2D eigenvalue weighted by molar-refractivity contribution is -0.179. The van der Waals surface area contributed by atoms with E-state index in [0.29, 0.717) is 19.5 Å². The van der Waals surface area contributed by atoms with E-state index in [1.807, 2.05) is 0 Å². The highest BCUT2D eigenvalue weighted by atomic mass is 19.3. The van der Waals surface area contributed by atoms with Crippen LogP contribution in [0.5, 0.6) is 0 Å². The van der Waals surface area contributed by atoms with E-state index >= 15 is 0 Å². The maximum Gasteiger partial charge on any atom is 0.343 e. The molecule has 132 valence electrons. The molecule has 1 aliphatic heterocycles. The van der Waals surface area contributed by atoms with Crippen molar-refractivity contribution >= 4 is 5.97 Å². The van der Waals surface area contributed by atoms with Crippen molar-refractivity contribution in [3.63, 3.8) is 0 Å². The third kappa shape index (κ3) is 3.28. The zero-order chi connectivity index (χ0) is 17.4. The van der Waals surface area contributed by atoms with Crippen LogP contribution in [0.2, 0.25) is 0 Å². The fourth-order valence-electron chi connectivity index (χ4n) is 3.50. The van der Waals surface area contributed by atoms with E-state index in [1.165, 1.54) is 12.1 Å². The van der Waals surface area contributed by atoms with Crippen molar-refractivity contribution in [1.29, 1.82) is 0 Å². The van der Waals surface area contributed by atoms with Crippen LogP contribution in [0, 0.1) is 11.7 Å². The zero-order valence-electron chi connectivity index (χ0n) is 13.1. The van der Waals surface area contributed by atoms with Crippen LogP contribution in [-0.2, 0) is 15.1 Å². The fourth-order valence-corrected chi connectivity index (χ4v) is 3.50. The summed E-state index contributed by atoms with van der Waals surface area (Å²) in [6.45, 7) is 1.15. The number of esters is 1. The number of nitrogens with one attached hydrogen (secondary N) is 1. The van der Waals surface area contributed by atoms with E-state index in [4.69, 9.17) is 4.74 Å². The minimum atomic E-state index is -2.92. The molecule has 1 heterocycles. The SMILES string of the molecule is O=C(OC1CCNC1)C(O)(c1ccc(F)cc1)C1CCC(F)(F)C1. The molecule has 1 aliphatic carbocycles. The maximum absolute atomic E-state index is 13.6. The van der Waals surface area contributed by atoms with Crippen molar-refractivity contribution in [2.24, 2.45) is 5.92 Å². The van der Waals surface area contributed by atoms with Gasteiger partial charge in [-0.15, -0.1) is 0 Å². The summed E-state index contributed by atoms with van der Waals surface area (Å²) in [4.78, 5) is 12.7. The molecule has 0 bridgehead atoms. The van der Waals surface area contributed by atoms with Gasteiger partial charge in [0, 0.05) is 25.3 Å². The summed E-state index contributed by atoms with van der Waals surface area (Å²) in [7, 11) is 0. The summed E-state index contributed by atoms with van der Waals surface area (Å²) < 4.78 is 45.8. The Labute approximate surface area is 138 Å². The van der Waals surface area contributed by atoms with Gasteiger partial charge in [-0.05, 0) is 37.1 Å². The molecule has 1 aromatic carbocycles. The lowest BCUT2D eigenvalue weighted by Gasteiger charge is -2.33. The Kier molecular flexibility index (Phi) is 4.57. The average molecular weight is 343 g/mol. The molecule has 24 heavy (non-hydrogen) atoms. The van der Waals surface area contributed by atoms with Gasteiger partial charge in [0.1, 0.15) is 11.9 Å². The Bertz CT molecular complexity index is 602. The molecule has 0 amide bonds. The summed E-state index contributed by atoms with van der Waals surface area (Å²) in [5.41, 5.74) is -2.11. The van der Waals surface area contributed by atoms with Crippen molar-refractivity contribution in [1.82, 2.24) is 5.32 Å². The smallest absolute Gasteiger partial charge is 0.343 e. The van der Waals surface area contributed by atoms with Gasteiger partial charge < -0.3 is 15.2 Å². The number of ether oxygens (including phenoxy) is 1.